The molecule has 1 aliphatic rings. The molecular weight excluding hydrogens is 100 g/mol. The summed E-state index contributed by atoms with van der Waals surface area (Å²) in [5.41, 5.74) is 6.30. The summed E-state index contributed by atoms with van der Waals surface area (Å²) in [5, 5.41) is 3.08. The van der Waals surface area contributed by atoms with Gasteiger partial charge in [0.1, 0.15) is 0 Å². The second-order valence-electron chi connectivity index (χ2n) is 1.96. The number of nitrogens with one attached hydrogen (secondary N) is 1. The number of hydrogen-bond donors (Lipinski definition) is 2. The lowest BCUT2D eigenvalue weighted by atomic mass is 10.2. The van der Waals surface area contributed by atoms with Gasteiger partial charge in [-0.3, -0.25) is 0 Å². The lowest BCUT2D eigenvalue weighted by molar-refractivity contribution is 0.752. The first kappa shape index (κ1) is 5.22. The predicted molar refractivity (Wildman–Crippen MR) is 34.0 cm³/mol. The van der Waals surface area contributed by atoms with E-state index < -0.39 is 0 Å². The van der Waals surface area contributed by atoms with Gasteiger partial charge in [0, 0.05) is 11.7 Å². The molecule has 2 heteroatoms. The van der Waals surface area contributed by atoms with E-state index in [0.29, 0.717) is 6.04 Å². The molecule has 0 aromatic carbocycles. The Balaban J connectivity index is 2.63. The largest absolute Gasteiger partial charge is 0.399 e. The molecule has 1 aliphatic heterocycles. The molecule has 8 heavy (non-hydrogen) atoms. The van der Waals surface area contributed by atoms with Crippen LogP contribution in [0.5, 0.6) is 0 Å². The summed E-state index contributed by atoms with van der Waals surface area (Å²) in [7, 11) is 0. The van der Waals surface area contributed by atoms with E-state index in [0.717, 1.165) is 5.70 Å². The fourth-order valence-electron chi connectivity index (χ4n) is 0.688. The van der Waals surface area contributed by atoms with Crippen molar-refractivity contribution in [2.45, 2.75) is 13.0 Å². The van der Waals surface area contributed by atoms with Crippen molar-refractivity contribution in [1.29, 1.82) is 0 Å². The first-order valence-electron chi connectivity index (χ1n) is 2.69. The summed E-state index contributed by atoms with van der Waals surface area (Å²) in [5.74, 6) is 0. The van der Waals surface area contributed by atoms with Gasteiger partial charge in [0.05, 0.1) is 0 Å². The lowest BCUT2D eigenvalue weighted by Gasteiger charge is -2.10. The van der Waals surface area contributed by atoms with Gasteiger partial charge >= 0.3 is 0 Å². The molecule has 0 aromatic heterocycles. The second-order valence-corrected chi connectivity index (χ2v) is 1.96. The normalized spacial score (nSPS) is 26.6. The predicted octanol–water partition coefficient (Wildman–Crippen LogP) is 0.334. The van der Waals surface area contributed by atoms with E-state index in [4.69, 9.17) is 5.73 Å². The third kappa shape index (κ3) is 1.03. The second kappa shape index (κ2) is 1.90. The number of nitrogens with two attached hydrogens (primary N) is 1. The summed E-state index contributed by atoms with van der Waals surface area (Å²) >= 11 is 0. The summed E-state index contributed by atoms with van der Waals surface area (Å²) in [4.78, 5) is 0. The Morgan fingerprint density at radius 2 is 2.50 bits per heavy atom. The van der Waals surface area contributed by atoms with Crippen molar-refractivity contribution in [1.82, 2.24) is 5.32 Å². The minimum Gasteiger partial charge on any atom is -0.399 e. The zero-order chi connectivity index (χ0) is 5.98. The fourth-order valence-corrected chi connectivity index (χ4v) is 0.688. The van der Waals surface area contributed by atoms with Crippen molar-refractivity contribution in [3.05, 3.63) is 24.0 Å². The molecular formula is C6H10N2. The fraction of sp³-hybridized carbons (Fsp3) is 0.333. The standard InChI is InChI=1S/C6H10N2/c1-5-4-6(7)2-3-8-5/h2-5,8H,7H2,1H3. The zero-order valence-electron chi connectivity index (χ0n) is 4.89. The topological polar surface area (TPSA) is 38.0 Å². The van der Waals surface area contributed by atoms with Crippen molar-refractivity contribution in [2.24, 2.45) is 5.73 Å². The van der Waals surface area contributed by atoms with Crippen LogP contribution >= 0.6 is 0 Å². The maximum absolute atomic E-state index is 5.46. The van der Waals surface area contributed by atoms with Gasteiger partial charge in [-0.15, -0.1) is 0 Å². The smallest absolute Gasteiger partial charge is 0.0433 e. The Morgan fingerprint density at radius 3 is 2.88 bits per heavy atom. The summed E-state index contributed by atoms with van der Waals surface area (Å²) in [6.07, 6.45) is 5.68. The Bertz CT molecular complexity index is 135. The van der Waals surface area contributed by atoms with Gasteiger partial charge in [-0.05, 0) is 25.3 Å². The molecule has 1 heterocycles. The van der Waals surface area contributed by atoms with E-state index >= 15 is 0 Å². The molecule has 0 aromatic rings. The Labute approximate surface area is 49.1 Å². The van der Waals surface area contributed by atoms with Crippen LogP contribution in [0.2, 0.25) is 0 Å². The van der Waals surface area contributed by atoms with Crippen molar-refractivity contribution in [3.8, 4) is 0 Å². The van der Waals surface area contributed by atoms with Crippen molar-refractivity contribution in [2.75, 3.05) is 0 Å². The molecule has 0 aliphatic carbocycles. The van der Waals surface area contributed by atoms with Crippen LogP contribution < -0.4 is 11.1 Å². The first-order chi connectivity index (χ1) is 3.79. The molecule has 0 amide bonds. The number of allylic oxidation sites excluding steroid dienone is 1. The molecule has 3 N–H and O–H groups in total. The van der Waals surface area contributed by atoms with E-state index in [1.54, 1.807) is 0 Å². The van der Waals surface area contributed by atoms with E-state index in [-0.39, 0.29) is 0 Å². The molecule has 0 saturated carbocycles. The summed E-state index contributed by atoms with van der Waals surface area (Å²) in [6, 6.07) is 0.389. The molecule has 0 spiro atoms. The van der Waals surface area contributed by atoms with Gasteiger partial charge in [0.15, 0.2) is 0 Å². The van der Waals surface area contributed by atoms with Gasteiger partial charge < -0.3 is 11.1 Å². The molecule has 44 valence electrons. The molecule has 0 fully saturated rings. The number of dihydropyridines is 1. The quantitative estimate of drug-likeness (QED) is 0.471. The van der Waals surface area contributed by atoms with Crippen molar-refractivity contribution < 1.29 is 0 Å². The Hall–Kier alpha value is -0.920. The van der Waals surface area contributed by atoms with E-state index in [1.807, 2.05) is 18.4 Å². The van der Waals surface area contributed by atoms with Crippen LogP contribution in [-0.2, 0) is 0 Å². The highest BCUT2D eigenvalue weighted by molar-refractivity contribution is 5.20. The summed E-state index contributed by atoms with van der Waals surface area (Å²) in [6.45, 7) is 2.05. The molecule has 1 rings (SSSR count). The molecule has 0 saturated heterocycles. The van der Waals surface area contributed by atoms with Crippen LogP contribution in [0.1, 0.15) is 6.92 Å². The minimum absolute atomic E-state index is 0.389. The first-order valence-corrected chi connectivity index (χ1v) is 2.69. The van der Waals surface area contributed by atoms with Gasteiger partial charge in [-0.2, -0.15) is 0 Å². The highest BCUT2D eigenvalue weighted by atomic mass is 14.9. The van der Waals surface area contributed by atoms with Crippen LogP contribution in [-0.4, -0.2) is 6.04 Å². The number of hydrogen-bond acceptors (Lipinski definition) is 2. The average Bonchev–Trinajstić information content (AvgIpc) is 1.64. The third-order valence-electron chi connectivity index (χ3n) is 1.08. The van der Waals surface area contributed by atoms with E-state index in [1.165, 1.54) is 0 Å². The maximum atomic E-state index is 5.46. The average molecular weight is 110 g/mol. The van der Waals surface area contributed by atoms with Gasteiger partial charge in [-0.25, -0.2) is 0 Å². The minimum atomic E-state index is 0.389. The molecule has 0 bridgehead atoms. The highest BCUT2D eigenvalue weighted by Crippen LogP contribution is 1.96. The van der Waals surface area contributed by atoms with Gasteiger partial charge in [0.25, 0.3) is 0 Å². The van der Waals surface area contributed by atoms with Gasteiger partial charge in [-0.1, -0.05) is 0 Å². The monoisotopic (exact) mass is 110 g/mol. The van der Waals surface area contributed by atoms with Crippen LogP contribution in [0.3, 0.4) is 0 Å². The Morgan fingerprint density at radius 1 is 1.75 bits per heavy atom. The number of rotatable bonds is 0. The Kier molecular flexibility index (Phi) is 1.24. The van der Waals surface area contributed by atoms with Crippen molar-refractivity contribution in [3.63, 3.8) is 0 Å². The molecule has 0 radical (unpaired) electrons. The molecule has 1 atom stereocenters. The van der Waals surface area contributed by atoms with Crippen LogP contribution in [0.15, 0.2) is 24.0 Å². The third-order valence-corrected chi connectivity index (χ3v) is 1.08. The highest BCUT2D eigenvalue weighted by Gasteiger charge is 1.96. The van der Waals surface area contributed by atoms with Crippen molar-refractivity contribution >= 4 is 0 Å². The summed E-state index contributed by atoms with van der Waals surface area (Å²) < 4.78 is 0. The SMILES string of the molecule is CC1C=C(N)C=CN1. The maximum Gasteiger partial charge on any atom is 0.0433 e. The lowest BCUT2D eigenvalue weighted by Crippen LogP contribution is -2.22. The van der Waals surface area contributed by atoms with E-state index in [2.05, 4.69) is 12.2 Å². The molecule has 1 unspecified atom stereocenters. The van der Waals surface area contributed by atoms with Crippen LogP contribution in [0.4, 0.5) is 0 Å². The van der Waals surface area contributed by atoms with Crippen LogP contribution in [0, 0.1) is 0 Å². The zero-order valence-corrected chi connectivity index (χ0v) is 4.89. The van der Waals surface area contributed by atoms with E-state index in [9.17, 15) is 0 Å². The van der Waals surface area contributed by atoms with Crippen LogP contribution in [0.25, 0.3) is 0 Å². The van der Waals surface area contributed by atoms with Gasteiger partial charge in [0.2, 0.25) is 0 Å². The molecule has 2 nitrogen and oxygen atoms in total.